The fourth-order valence-corrected chi connectivity index (χ4v) is 7.66. The average Bonchev–Trinajstić information content (AvgIpc) is 3.43. The predicted octanol–water partition coefficient (Wildman–Crippen LogP) is 7.53. The van der Waals surface area contributed by atoms with Crippen LogP contribution in [-0.2, 0) is 16.1 Å². The minimum absolute atomic E-state index is 0.330. The van der Waals surface area contributed by atoms with Gasteiger partial charge in [-0.15, -0.1) is 0 Å². The minimum atomic E-state index is -0.994. The van der Waals surface area contributed by atoms with Crippen LogP contribution >= 0.6 is 23.5 Å². The second kappa shape index (κ2) is 20.0. The molecule has 234 valence electrons. The zero-order valence-corrected chi connectivity index (χ0v) is 28.1. The number of carbonyl (C=O) groups is 2. The molecule has 0 aromatic heterocycles. The Bertz CT molecular complexity index is 1090. The van der Waals surface area contributed by atoms with Crippen LogP contribution in [0, 0.1) is 6.92 Å². The van der Waals surface area contributed by atoms with Crippen molar-refractivity contribution in [3.63, 3.8) is 0 Å². The van der Waals surface area contributed by atoms with Crippen molar-refractivity contribution in [3.8, 4) is 11.1 Å². The maximum atomic E-state index is 13.3. The van der Waals surface area contributed by atoms with Crippen LogP contribution in [0.2, 0.25) is 0 Å². The molecular weight excluding hydrogens is 565 g/mol. The van der Waals surface area contributed by atoms with Crippen molar-refractivity contribution in [2.45, 2.75) is 88.8 Å². The first-order valence-corrected chi connectivity index (χ1v) is 17.7. The van der Waals surface area contributed by atoms with Crippen LogP contribution in [0.25, 0.3) is 11.1 Å². The van der Waals surface area contributed by atoms with E-state index >= 15 is 0 Å². The number of carboxylic acids is 1. The molecular formula is C34H52N2O4S2. The number of likely N-dealkylation sites (tertiary alicyclic amines) is 1. The Hall–Kier alpha value is -2.00. The summed E-state index contributed by atoms with van der Waals surface area (Å²) in [5.41, 5.74) is 4.69. The van der Waals surface area contributed by atoms with E-state index in [-0.39, 0.29) is 5.91 Å². The molecule has 0 spiro atoms. The summed E-state index contributed by atoms with van der Waals surface area (Å²) in [5, 5.41) is 14.0. The molecule has 8 heteroatoms. The van der Waals surface area contributed by atoms with Crippen LogP contribution in [0.5, 0.6) is 0 Å². The lowest BCUT2D eigenvalue weighted by Gasteiger charge is -2.24. The van der Waals surface area contributed by atoms with Crippen molar-refractivity contribution in [1.29, 1.82) is 0 Å². The highest BCUT2D eigenvalue weighted by molar-refractivity contribution is 8.00. The molecule has 2 aromatic rings. The van der Waals surface area contributed by atoms with Gasteiger partial charge in [-0.1, -0.05) is 63.4 Å². The molecule has 1 saturated heterocycles. The highest BCUT2D eigenvalue weighted by atomic mass is 32.2. The Kier molecular flexibility index (Phi) is 17.3. The largest absolute Gasteiger partial charge is 0.480 e. The third kappa shape index (κ3) is 11.6. The number of nitrogens with zero attached hydrogens (tertiary/aromatic N) is 1. The highest BCUT2D eigenvalue weighted by Crippen LogP contribution is 2.35. The number of thioether (sulfide) groups is 2. The molecule has 2 aromatic carbocycles. The van der Waals surface area contributed by atoms with Gasteiger partial charge >= 0.3 is 5.97 Å². The molecule has 2 fully saturated rings. The second-order valence-corrected chi connectivity index (χ2v) is 13.4. The van der Waals surface area contributed by atoms with E-state index in [1.54, 1.807) is 26.0 Å². The Morgan fingerprint density at radius 1 is 1.02 bits per heavy atom. The molecule has 2 aliphatic rings. The van der Waals surface area contributed by atoms with Crippen molar-refractivity contribution in [3.05, 3.63) is 59.2 Å². The number of methoxy groups -OCH3 is 1. The first kappa shape index (κ1) is 36.2. The number of hydrogen-bond acceptors (Lipinski definition) is 6. The lowest BCUT2D eigenvalue weighted by molar-refractivity contribution is -0.139. The molecule has 2 unspecified atom stereocenters. The molecule has 4 rings (SSSR count). The molecule has 1 heterocycles. The highest BCUT2D eigenvalue weighted by Gasteiger charge is 2.27. The Labute approximate surface area is 262 Å². The molecule has 1 amide bonds. The summed E-state index contributed by atoms with van der Waals surface area (Å²) in [5.74, 6) is -0.647. The number of carbonyl (C=O) groups excluding carboxylic acids is 1. The smallest absolute Gasteiger partial charge is 0.326 e. The maximum absolute atomic E-state index is 13.3. The molecule has 2 atom stereocenters. The number of ether oxygens (including phenoxy) is 1. The van der Waals surface area contributed by atoms with Gasteiger partial charge < -0.3 is 15.2 Å². The first-order valence-electron chi connectivity index (χ1n) is 15.4. The van der Waals surface area contributed by atoms with Gasteiger partial charge in [0.15, 0.2) is 0 Å². The van der Waals surface area contributed by atoms with Gasteiger partial charge in [0.1, 0.15) is 6.04 Å². The third-order valence-electron chi connectivity index (χ3n) is 7.55. The number of aliphatic carboxylic acids is 1. The Morgan fingerprint density at radius 3 is 2.36 bits per heavy atom. The van der Waals surface area contributed by atoms with Crippen molar-refractivity contribution in [2.75, 3.05) is 39.3 Å². The van der Waals surface area contributed by atoms with Gasteiger partial charge in [0, 0.05) is 43.4 Å². The van der Waals surface area contributed by atoms with Crippen molar-refractivity contribution >= 4 is 35.4 Å². The summed E-state index contributed by atoms with van der Waals surface area (Å²) < 4.78 is 4.25. The van der Waals surface area contributed by atoms with Crippen molar-refractivity contribution in [1.82, 2.24) is 10.2 Å². The number of rotatable bonds is 11. The van der Waals surface area contributed by atoms with Crippen molar-refractivity contribution < 1.29 is 19.4 Å². The molecule has 0 radical (unpaired) electrons. The topological polar surface area (TPSA) is 78.9 Å². The standard InChI is InChI=1S/C30H40N2O3S2.C2H6O.C2H6/c1-21-8-6-7-11-25(21)27-18-22(12-13-26(27)29(33)31-28(30(34)35)15-17-36-2)19-32-16-14-24(20-32)37-23-9-4-3-5-10-23;1-3-2;1-2/h6-8,11-13,18,23-24,28H,3-5,9-10,14-17,19-20H2,1-2H3,(H,31,33)(H,34,35);1-2H3;1-2H3. The van der Waals surface area contributed by atoms with E-state index in [1.165, 1.54) is 44.1 Å². The minimum Gasteiger partial charge on any atom is -0.480 e. The zero-order valence-electron chi connectivity index (χ0n) is 26.5. The van der Waals surface area contributed by atoms with Crippen LogP contribution < -0.4 is 5.32 Å². The van der Waals surface area contributed by atoms with E-state index in [1.807, 2.05) is 50.4 Å². The number of aryl methyl sites for hydroxylation is 1. The normalized spacial score (nSPS) is 17.8. The van der Waals surface area contributed by atoms with Gasteiger partial charge in [0.25, 0.3) is 5.91 Å². The number of carboxylic acid groups (broad SMARTS) is 1. The van der Waals surface area contributed by atoms with E-state index in [4.69, 9.17) is 0 Å². The summed E-state index contributed by atoms with van der Waals surface area (Å²) >= 11 is 3.80. The van der Waals surface area contributed by atoms with E-state index in [0.717, 1.165) is 46.8 Å². The van der Waals surface area contributed by atoms with Crippen LogP contribution in [0.1, 0.15) is 80.3 Å². The Balaban J connectivity index is 0.00000116. The van der Waals surface area contributed by atoms with Gasteiger partial charge in [0.05, 0.1) is 0 Å². The molecule has 1 aliphatic carbocycles. The van der Waals surface area contributed by atoms with Gasteiger partial charge in [-0.2, -0.15) is 23.5 Å². The maximum Gasteiger partial charge on any atom is 0.326 e. The number of nitrogens with one attached hydrogen (secondary N) is 1. The predicted molar refractivity (Wildman–Crippen MR) is 181 cm³/mol. The van der Waals surface area contributed by atoms with Crippen LogP contribution in [0.4, 0.5) is 0 Å². The van der Waals surface area contributed by atoms with Gasteiger partial charge in [-0.25, -0.2) is 4.79 Å². The average molecular weight is 617 g/mol. The number of benzene rings is 2. The molecule has 1 aliphatic heterocycles. The fraction of sp³-hybridized carbons (Fsp3) is 0.588. The number of amides is 1. The molecule has 42 heavy (non-hydrogen) atoms. The molecule has 1 saturated carbocycles. The van der Waals surface area contributed by atoms with Crippen LogP contribution in [-0.4, -0.2) is 77.7 Å². The lowest BCUT2D eigenvalue weighted by atomic mass is 9.93. The molecule has 2 N–H and O–H groups in total. The van der Waals surface area contributed by atoms with E-state index in [9.17, 15) is 14.7 Å². The lowest BCUT2D eigenvalue weighted by Crippen LogP contribution is -2.41. The van der Waals surface area contributed by atoms with Crippen LogP contribution in [0.3, 0.4) is 0 Å². The first-order chi connectivity index (χ1) is 20.4. The number of hydrogen-bond donors (Lipinski definition) is 2. The van der Waals surface area contributed by atoms with Gasteiger partial charge in [-0.05, 0) is 85.5 Å². The van der Waals surface area contributed by atoms with E-state index in [0.29, 0.717) is 17.7 Å². The Morgan fingerprint density at radius 2 is 1.71 bits per heavy atom. The third-order valence-corrected chi connectivity index (χ3v) is 9.82. The monoisotopic (exact) mass is 616 g/mol. The summed E-state index contributed by atoms with van der Waals surface area (Å²) in [4.78, 5) is 27.6. The van der Waals surface area contributed by atoms with Gasteiger partial charge in [-0.3, -0.25) is 9.69 Å². The summed E-state index contributed by atoms with van der Waals surface area (Å²) in [6, 6.07) is 13.2. The van der Waals surface area contributed by atoms with E-state index in [2.05, 4.69) is 45.8 Å². The SMILES string of the molecule is CC.COC.CSCCC(NC(=O)c1ccc(CN2CCC(SC3CCCCC3)C2)cc1-c1ccccc1C)C(=O)O. The van der Waals surface area contributed by atoms with E-state index < -0.39 is 12.0 Å². The van der Waals surface area contributed by atoms with Gasteiger partial charge in [0.2, 0.25) is 0 Å². The quantitative estimate of drug-likeness (QED) is 0.270. The summed E-state index contributed by atoms with van der Waals surface area (Å²) in [6.07, 6.45) is 10.5. The molecule has 0 bridgehead atoms. The summed E-state index contributed by atoms with van der Waals surface area (Å²) in [7, 11) is 3.25. The molecule has 6 nitrogen and oxygen atoms in total. The van der Waals surface area contributed by atoms with Crippen molar-refractivity contribution in [2.24, 2.45) is 0 Å². The second-order valence-electron chi connectivity index (χ2n) is 10.8. The fourth-order valence-electron chi connectivity index (χ4n) is 5.50. The van der Waals surface area contributed by atoms with Crippen LogP contribution in [0.15, 0.2) is 42.5 Å². The summed E-state index contributed by atoms with van der Waals surface area (Å²) in [6.45, 7) is 9.16. The zero-order chi connectivity index (χ0) is 30.9.